The van der Waals surface area contributed by atoms with Crippen LogP contribution in [0, 0.1) is 13.8 Å². The van der Waals surface area contributed by atoms with Crippen LogP contribution in [0.15, 0.2) is 30.3 Å². The SMILES string of the molecule is Cc1cc(OC2CCCN(C(=O)Nc3ccc(C(C)(C)C)cc3)C2)nc(C)n1. The van der Waals surface area contributed by atoms with Gasteiger partial charge in [-0.3, -0.25) is 0 Å². The fraction of sp³-hybridized carbons (Fsp3) is 0.500. The molecular weight excluding hydrogens is 352 g/mol. The van der Waals surface area contributed by atoms with E-state index in [1.807, 2.05) is 36.9 Å². The topological polar surface area (TPSA) is 67.3 Å². The average molecular weight is 383 g/mol. The predicted molar refractivity (Wildman–Crippen MR) is 111 cm³/mol. The minimum absolute atomic E-state index is 0.0588. The molecule has 0 spiro atoms. The van der Waals surface area contributed by atoms with E-state index in [1.165, 1.54) is 5.56 Å². The summed E-state index contributed by atoms with van der Waals surface area (Å²) < 4.78 is 6.03. The minimum atomic E-state index is -0.0909. The van der Waals surface area contributed by atoms with Crippen molar-refractivity contribution >= 4 is 11.7 Å². The molecule has 1 aliphatic heterocycles. The van der Waals surface area contributed by atoms with E-state index in [9.17, 15) is 4.79 Å². The molecule has 1 N–H and O–H groups in total. The summed E-state index contributed by atoms with van der Waals surface area (Å²) in [4.78, 5) is 23.1. The Morgan fingerprint density at radius 1 is 1.18 bits per heavy atom. The van der Waals surface area contributed by atoms with Gasteiger partial charge in [-0.2, -0.15) is 4.98 Å². The number of hydrogen-bond acceptors (Lipinski definition) is 4. The van der Waals surface area contributed by atoms with Gasteiger partial charge in [-0.15, -0.1) is 0 Å². The maximum Gasteiger partial charge on any atom is 0.321 e. The molecule has 0 saturated carbocycles. The number of nitrogens with one attached hydrogen (secondary N) is 1. The van der Waals surface area contributed by atoms with Gasteiger partial charge in [0.1, 0.15) is 11.9 Å². The lowest BCUT2D eigenvalue weighted by Gasteiger charge is -2.32. The molecular formula is C22H30N4O2. The third-order valence-electron chi connectivity index (χ3n) is 4.90. The number of likely N-dealkylation sites (tertiary alicyclic amines) is 1. The highest BCUT2D eigenvalue weighted by Crippen LogP contribution is 2.24. The summed E-state index contributed by atoms with van der Waals surface area (Å²) in [5.74, 6) is 1.27. The zero-order valence-electron chi connectivity index (χ0n) is 17.5. The highest BCUT2D eigenvalue weighted by atomic mass is 16.5. The summed E-state index contributed by atoms with van der Waals surface area (Å²) in [7, 11) is 0. The Morgan fingerprint density at radius 3 is 2.54 bits per heavy atom. The number of nitrogens with zero attached hydrogens (tertiary/aromatic N) is 3. The Labute approximate surface area is 167 Å². The third-order valence-corrected chi connectivity index (χ3v) is 4.90. The van der Waals surface area contributed by atoms with Crippen LogP contribution < -0.4 is 10.1 Å². The Bertz CT molecular complexity index is 807. The smallest absolute Gasteiger partial charge is 0.321 e. The molecule has 0 radical (unpaired) electrons. The second-order valence-electron chi connectivity index (χ2n) is 8.48. The summed E-state index contributed by atoms with van der Waals surface area (Å²) in [5.41, 5.74) is 3.03. The highest BCUT2D eigenvalue weighted by Gasteiger charge is 2.25. The van der Waals surface area contributed by atoms with Crippen LogP contribution in [0.5, 0.6) is 5.88 Å². The normalized spacial score (nSPS) is 17.3. The zero-order valence-corrected chi connectivity index (χ0v) is 17.5. The van der Waals surface area contributed by atoms with Crippen LogP contribution >= 0.6 is 0 Å². The lowest BCUT2D eigenvalue weighted by atomic mass is 9.87. The predicted octanol–water partition coefficient (Wildman–Crippen LogP) is 4.47. The van der Waals surface area contributed by atoms with Gasteiger partial charge in [0.2, 0.25) is 5.88 Å². The number of carbonyl (C=O) groups excluding carboxylic acids is 1. The number of aromatic nitrogens is 2. The number of amides is 2. The largest absolute Gasteiger partial charge is 0.472 e. The van der Waals surface area contributed by atoms with E-state index in [4.69, 9.17) is 4.74 Å². The molecule has 1 aromatic heterocycles. The maximum atomic E-state index is 12.7. The summed E-state index contributed by atoms with van der Waals surface area (Å²) in [6.07, 6.45) is 1.76. The van der Waals surface area contributed by atoms with Crippen molar-refractivity contribution in [1.29, 1.82) is 0 Å². The van der Waals surface area contributed by atoms with Crippen molar-refractivity contribution in [2.24, 2.45) is 0 Å². The van der Waals surface area contributed by atoms with Crippen molar-refractivity contribution in [3.63, 3.8) is 0 Å². The molecule has 1 aromatic carbocycles. The molecule has 1 aliphatic rings. The molecule has 150 valence electrons. The molecule has 28 heavy (non-hydrogen) atoms. The van der Waals surface area contributed by atoms with E-state index < -0.39 is 0 Å². The van der Waals surface area contributed by atoms with E-state index >= 15 is 0 Å². The van der Waals surface area contributed by atoms with Gasteiger partial charge in [-0.05, 0) is 49.8 Å². The van der Waals surface area contributed by atoms with Crippen molar-refractivity contribution in [1.82, 2.24) is 14.9 Å². The number of carbonyl (C=O) groups is 1. The van der Waals surface area contributed by atoms with Gasteiger partial charge in [-0.25, -0.2) is 9.78 Å². The molecule has 0 bridgehead atoms. The van der Waals surface area contributed by atoms with Gasteiger partial charge in [0.25, 0.3) is 0 Å². The summed E-state index contributed by atoms with van der Waals surface area (Å²) in [6, 6.07) is 9.80. The summed E-state index contributed by atoms with van der Waals surface area (Å²) >= 11 is 0. The van der Waals surface area contributed by atoms with Crippen molar-refractivity contribution in [2.75, 3.05) is 18.4 Å². The van der Waals surface area contributed by atoms with Crippen LogP contribution in [0.2, 0.25) is 0 Å². The van der Waals surface area contributed by atoms with Crippen molar-refractivity contribution in [3.05, 3.63) is 47.4 Å². The van der Waals surface area contributed by atoms with Gasteiger partial charge in [0.15, 0.2) is 0 Å². The second-order valence-corrected chi connectivity index (χ2v) is 8.48. The molecule has 2 amide bonds. The van der Waals surface area contributed by atoms with Crippen molar-refractivity contribution < 1.29 is 9.53 Å². The second kappa shape index (κ2) is 8.17. The first kappa shape index (κ1) is 20.1. The minimum Gasteiger partial charge on any atom is -0.472 e. The number of anilines is 1. The van der Waals surface area contributed by atoms with Crippen molar-refractivity contribution in [3.8, 4) is 5.88 Å². The van der Waals surface area contributed by atoms with Crippen LogP contribution in [0.3, 0.4) is 0 Å². The van der Waals surface area contributed by atoms with Gasteiger partial charge in [0.05, 0.1) is 6.54 Å². The number of benzene rings is 1. The van der Waals surface area contributed by atoms with Crippen molar-refractivity contribution in [2.45, 2.75) is 59.0 Å². The fourth-order valence-electron chi connectivity index (χ4n) is 3.39. The van der Waals surface area contributed by atoms with E-state index in [2.05, 4.69) is 48.2 Å². The first-order chi connectivity index (χ1) is 13.2. The molecule has 6 heteroatoms. The fourth-order valence-corrected chi connectivity index (χ4v) is 3.39. The lowest BCUT2D eigenvalue weighted by molar-refractivity contribution is 0.102. The number of ether oxygens (including phenoxy) is 1. The molecule has 1 unspecified atom stereocenters. The lowest BCUT2D eigenvalue weighted by Crippen LogP contribution is -2.46. The Kier molecular flexibility index (Phi) is 5.87. The first-order valence-electron chi connectivity index (χ1n) is 9.86. The molecule has 3 rings (SSSR count). The van der Waals surface area contributed by atoms with E-state index in [0.29, 0.717) is 18.2 Å². The van der Waals surface area contributed by atoms with Gasteiger partial charge < -0.3 is 15.0 Å². The van der Waals surface area contributed by atoms with Crippen LogP contribution in [-0.4, -0.2) is 40.1 Å². The standard InChI is InChI=1S/C22H30N4O2/c1-15-13-20(24-16(2)23-15)28-19-7-6-12-26(14-19)21(27)25-18-10-8-17(9-11-18)22(3,4)5/h8-11,13,19H,6-7,12,14H2,1-5H3,(H,25,27). The number of urea groups is 1. The number of piperidine rings is 1. The monoisotopic (exact) mass is 382 g/mol. The Hall–Kier alpha value is -2.63. The van der Waals surface area contributed by atoms with E-state index in [1.54, 1.807) is 0 Å². The number of rotatable bonds is 3. The van der Waals surface area contributed by atoms with Crippen LogP contribution in [-0.2, 0) is 5.41 Å². The van der Waals surface area contributed by atoms with Crippen LogP contribution in [0.1, 0.15) is 50.7 Å². The number of hydrogen-bond donors (Lipinski definition) is 1. The zero-order chi connectivity index (χ0) is 20.3. The number of aryl methyl sites for hydroxylation is 2. The Balaban J connectivity index is 1.59. The maximum absolute atomic E-state index is 12.7. The highest BCUT2D eigenvalue weighted by molar-refractivity contribution is 5.89. The molecule has 1 atom stereocenters. The van der Waals surface area contributed by atoms with Crippen LogP contribution in [0.4, 0.5) is 10.5 Å². The molecule has 6 nitrogen and oxygen atoms in total. The Morgan fingerprint density at radius 2 is 1.89 bits per heavy atom. The van der Waals surface area contributed by atoms with Gasteiger partial charge in [0, 0.05) is 24.0 Å². The third kappa shape index (κ3) is 5.21. The summed E-state index contributed by atoms with van der Waals surface area (Å²) in [5, 5.41) is 3.00. The molecule has 0 aliphatic carbocycles. The molecule has 1 fully saturated rings. The molecule has 1 saturated heterocycles. The van der Waals surface area contributed by atoms with Crippen LogP contribution in [0.25, 0.3) is 0 Å². The first-order valence-corrected chi connectivity index (χ1v) is 9.86. The summed E-state index contributed by atoms with van der Waals surface area (Å²) in [6.45, 7) is 11.6. The molecule has 2 heterocycles. The molecule has 2 aromatic rings. The van der Waals surface area contributed by atoms with Gasteiger partial charge in [-0.1, -0.05) is 32.9 Å². The van der Waals surface area contributed by atoms with E-state index in [0.717, 1.165) is 30.8 Å². The quantitative estimate of drug-likeness (QED) is 0.851. The van der Waals surface area contributed by atoms with Gasteiger partial charge >= 0.3 is 6.03 Å². The average Bonchev–Trinajstić information content (AvgIpc) is 2.61. The van der Waals surface area contributed by atoms with E-state index in [-0.39, 0.29) is 17.6 Å².